The van der Waals surface area contributed by atoms with E-state index in [1.54, 1.807) is 23.1 Å². The lowest BCUT2D eigenvalue weighted by Gasteiger charge is -2.52. The first-order valence-corrected chi connectivity index (χ1v) is 9.57. The Morgan fingerprint density at radius 3 is 2.81 bits per heavy atom. The molecular weight excluding hydrogens is 344 g/mol. The molecule has 0 aliphatic carbocycles. The van der Waals surface area contributed by atoms with Gasteiger partial charge < -0.3 is 15.0 Å². The van der Waals surface area contributed by atoms with Gasteiger partial charge in [-0.2, -0.15) is 5.10 Å². The molecule has 1 amide bonds. The minimum Gasteiger partial charge on any atom is -0.371 e. The molecule has 144 valence electrons. The molecule has 2 aromatic heterocycles. The van der Waals surface area contributed by atoms with Gasteiger partial charge in [-0.3, -0.25) is 9.48 Å². The molecule has 1 spiro atoms. The number of aromatic nitrogens is 4. The monoisotopic (exact) mass is 370 g/mol. The van der Waals surface area contributed by atoms with Crippen molar-refractivity contribution < 1.29 is 9.53 Å². The summed E-state index contributed by atoms with van der Waals surface area (Å²) in [6, 6.07) is 3.67. The summed E-state index contributed by atoms with van der Waals surface area (Å²) in [6.45, 7) is 7.46. The summed E-state index contributed by atoms with van der Waals surface area (Å²) in [5, 5.41) is 7.64. The van der Waals surface area contributed by atoms with E-state index in [4.69, 9.17) is 4.74 Å². The van der Waals surface area contributed by atoms with E-state index in [9.17, 15) is 4.79 Å². The zero-order valence-electron chi connectivity index (χ0n) is 15.9. The van der Waals surface area contributed by atoms with E-state index < -0.39 is 0 Å². The molecule has 27 heavy (non-hydrogen) atoms. The number of carbonyl (C=O) groups is 1. The average Bonchev–Trinajstić information content (AvgIpc) is 3.06. The predicted molar refractivity (Wildman–Crippen MR) is 100 cm³/mol. The highest BCUT2D eigenvalue weighted by Gasteiger charge is 2.48. The second-order valence-electron chi connectivity index (χ2n) is 7.50. The van der Waals surface area contributed by atoms with E-state index in [0.29, 0.717) is 43.8 Å². The summed E-state index contributed by atoms with van der Waals surface area (Å²) < 4.78 is 7.96. The molecule has 2 aliphatic rings. The van der Waals surface area contributed by atoms with Crippen LogP contribution in [-0.2, 0) is 11.3 Å². The Morgan fingerprint density at radius 1 is 1.37 bits per heavy atom. The van der Waals surface area contributed by atoms with Gasteiger partial charge in [0.15, 0.2) is 0 Å². The zero-order chi connectivity index (χ0) is 18.9. The second kappa shape index (κ2) is 7.26. The maximum Gasteiger partial charge on any atom is 0.272 e. The number of nitrogens with one attached hydrogen (secondary N) is 1. The fourth-order valence-corrected chi connectivity index (χ4v) is 3.87. The number of anilines is 1. The normalized spacial score (nSPS) is 21.1. The number of aryl methyl sites for hydroxylation is 2. The minimum absolute atomic E-state index is 0.0525. The fraction of sp³-hybridized carbons (Fsp3) is 0.579. The summed E-state index contributed by atoms with van der Waals surface area (Å²) in [4.78, 5) is 23.0. The first-order chi connectivity index (χ1) is 13.1. The first kappa shape index (κ1) is 17.9. The van der Waals surface area contributed by atoms with Crippen molar-refractivity contribution >= 4 is 11.9 Å². The molecule has 0 radical (unpaired) electrons. The fourth-order valence-electron chi connectivity index (χ4n) is 3.87. The molecule has 1 N–H and O–H groups in total. The van der Waals surface area contributed by atoms with Crippen LogP contribution in [0.3, 0.4) is 0 Å². The number of amides is 1. The van der Waals surface area contributed by atoms with E-state index in [1.807, 2.05) is 24.8 Å². The van der Waals surface area contributed by atoms with Crippen LogP contribution in [0.5, 0.6) is 0 Å². The first-order valence-electron chi connectivity index (χ1n) is 9.57. The van der Waals surface area contributed by atoms with Crippen LogP contribution in [0.2, 0.25) is 0 Å². The molecule has 8 nitrogen and oxygen atoms in total. The Hall–Kier alpha value is -2.48. The van der Waals surface area contributed by atoms with Gasteiger partial charge in [0.2, 0.25) is 5.95 Å². The molecule has 2 aromatic rings. The van der Waals surface area contributed by atoms with E-state index in [-0.39, 0.29) is 11.5 Å². The van der Waals surface area contributed by atoms with Gasteiger partial charge >= 0.3 is 0 Å². The van der Waals surface area contributed by atoms with Crippen LogP contribution in [0.4, 0.5) is 5.95 Å². The SMILES string of the molecule is CCn1nc(C)cc1C(=O)N1CC2(CC[C@H](CNc3ncccn3)CO2)C1. The molecule has 4 rings (SSSR count). The molecule has 4 heterocycles. The van der Waals surface area contributed by atoms with Gasteiger partial charge in [0.25, 0.3) is 5.91 Å². The predicted octanol–water partition coefficient (Wildman–Crippen LogP) is 1.73. The Balaban J connectivity index is 1.26. The summed E-state index contributed by atoms with van der Waals surface area (Å²) in [7, 11) is 0. The van der Waals surface area contributed by atoms with Crippen molar-refractivity contribution in [2.24, 2.45) is 5.92 Å². The van der Waals surface area contributed by atoms with Crippen molar-refractivity contribution in [2.45, 2.75) is 38.8 Å². The third kappa shape index (κ3) is 3.66. The van der Waals surface area contributed by atoms with E-state index in [2.05, 4.69) is 20.4 Å². The highest BCUT2D eigenvalue weighted by Crippen LogP contribution is 2.36. The summed E-state index contributed by atoms with van der Waals surface area (Å²) in [5.74, 6) is 1.14. The van der Waals surface area contributed by atoms with Crippen LogP contribution < -0.4 is 5.32 Å². The smallest absolute Gasteiger partial charge is 0.272 e. The third-order valence-corrected chi connectivity index (χ3v) is 5.41. The number of carbonyl (C=O) groups excluding carboxylic acids is 1. The maximum absolute atomic E-state index is 12.8. The minimum atomic E-state index is -0.165. The van der Waals surface area contributed by atoms with Gasteiger partial charge in [-0.1, -0.05) is 0 Å². The van der Waals surface area contributed by atoms with Crippen molar-refractivity contribution in [3.8, 4) is 0 Å². The van der Waals surface area contributed by atoms with E-state index >= 15 is 0 Å². The lowest BCUT2D eigenvalue weighted by atomic mass is 9.82. The Morgan fingerprint density at radius 2 is 2.15 bits per heavy atom. The molecule has 2 fully saturated rings. The lowest BCUT2D eigenvalue weighted by Crippen LogP contribution is -2.66. The quantitative estimate of drug-likeness (QED) is 0.863. The Bertz CT molecular complexity index is 790. The largest absolute Gasteiger partial charge is 0.371 e. The Kier molecular flexibility index (Phi) is 4.82. The van der Waals surface area contributed by atoms with Crippen molar-refractivity contribution in [1.29, 1.82) is 0 Å². The van der Waals surface area contributed by atoms with Crippen LogP contribution in [0.15, 0.2) is 24.5 Å². The number of nitrogens with zero attached hydrogens (tertiary/aromatic N) is 5. The van der Waals surface area contributed by atoms with Crippen molar-refractivity contribution in [3.05, 3.63) is 35.9 Å². The lowest BCUT2D eigenvalue weighted by molar-refractivity contribution is -0.165. The summed E-state index contributed by atoms with van der Waals surface area (Å²) in [6.07, 6.45) is 5.51. The molecule has 0 saturated carbocycles. The molecule has 0 bridgehead atoms. The molecule has 0 aromatic carbocycles. The van der Waals surface area contributed by atoms with Crippen LogP contribution in [0, 0.1) is 12.8 Å². The summed E-state index contributed by atoms with van der Waals surface area (Å²) >= 11 is 0. The van der Waals surface area contributed by atoms with Gasteiger partial charge in [-0.25, -0.2) is 9.97 Å². The van der Waals surface area contributed by atoms with Crippen LogP contribution in [0.25, 0.3) is 0 Å². The van der Waals surface area contributed by atoms with Crippen molar-refractivity contribution in [1.82, 2.24) is 24.6 Å². The van der Waals surface area contributed by atoms with E-state index in [1.165, 1.54) is 0 Å². The topological polar surface area (TPSA) is 85.2 Å². The number of likely N-dealkylation sites (tertiary alicyclic amines) is 1. The highest BCUT2D eigenvalue weighted by atomic mass is 16.5. The van der Waals surface area contributed by atoms with Gasteiger partial charge in [0, 0.05) is 25.5 Å². The van der Waals surface area contributed by atoms with E-state index in [0.717, 1.165) is 25.1 Å². The number of ether oxygens (including phenoxy) is 1. The number of rotatable bonds is 5. The zero-order valence-corrected chi connectivity index (χ0v) is 15.9. The summed E-state index contributed by atoms with van der Waals surface area (Å²) in [5.41, 5.74) is 1.38. The van der Waals surface area contributed by atoms with Gasteiger partial charge in [-0.05, 0) is 44.7 Å². The van der Waals surface area contributed by atoms with Gasteiger partial charge in [0.05, 0.1) is 25.4 Å². The molecule has 1 atom stereocenters. The maximum atomic E-state index is 12.8. The van der Waals surface area contributed by atoms with Crippen molar-refractivity contribution in [3.63, 3.8) is 0 Å². The van der Waals surface area contributed by atoms with Gasteiger partial charge in [-0.15, -0.1) is 0 Å². The second-order valence-corrected chi connectivity index (χ2v) is 7.50. The molecule has 2 aliphatic heterocycles. The third-order valence-electron chi connectivity index (χ3n) is 5.41. The van der Waals surface area contributed by atoms with Crippen LogP contribution >= 0.6 is 0 Å². The number of hydrogen-bond acceptors (Lipinski definition) is 6. The number of hydrogen-bond donors (Lipinski definition) is 1. The van der Waals surface area contributed by atoms with Crippen LogP contribution in [-0.4, -0.2) is 62.4 Å². The molecular formula is C19H26N6O2. The van der Waals surface area contributed by atoms with Crippen LogP contribution in [0.1, 0.15) is 35.9 Å². The van der Waals surface area contributed by atoms with Crippen molar-refractivity contribution in [2.75, 3.05) is 31.6 Å². The van der Waals surface area contributed by atoms with Gasteiger partial charge in [0.1, 0.15) is 11.3 Å². The average molecular weight is 370 g/mol. The standard InChI is InChI=1S/C19H26N6O2/c1-3-25-16(9-14(2)23-25)17(26)24-12-19(13-24)6-5-15(11-27-19)10-22-18-20-7-4-8-21-18/h4,7-9,15H,3,5-6,10-13H2,1-2H3,(H,20,21,22)/t15-/m1/s1. The Labute approximate surface area is 158 Å². The molecule has 0 unspecified atom stereocenters. The molecule has 8 heteroatoms. The highest BCUT2D eigenvalue weighted by molar-refractivity contribution is 5.93. The molecule has 2 saturated heterocycles.